The number of piperidine rings is 1. The van der Waals surface area contributed by atoms with Crippen LogP contribution in [0.25, 0.3) is 0 Å². The third kappa shape index (κ3) is 4.61. The third-order valence-corrected chi connectivity index (χ3v) is 3.38. The van der Waals surface area contributed by atoms with Gasteiger partial charge in [0.2, 0.25) is 0 Å². The maximum atomic E-state index is 11.3. The molecular formula is C12H23NO4. The highest BCUT2D eigenvalue weighted by molar-refractivity contribution is 5.74. The number of methoxy groups -OCH3 is 1. The van der Waals surface area contributed by atoms with Crippen LogP contribution in [0.5, 0.6) is 0 Å². The van der Waals surface area contributed by atoms with Crippen molar-refractivity contribution >= 4 is 5.97 Å². The van der Waals surface area contributed by atoms with Crippen molar-refractivity contribution in [2.45, 2.75) is 25.7 Å². The molecule has 0 aromatic rings. The van der Waals surface area contributed by atoms with Crippen LogP contribution in [0.3, 0.4) is 0 Å². The summed E-state index contributed by atoms with van der Waals surface area (Å²) in [5.74, 6) is -0.681. The number of rotatable bonds is 8. The van der Waals surface area contributed by atoms with Gasteiger partial charge in [-0.3, -0.25) is 4.79 Å². The lowest BCUT2D eigenvalue weighted by molar-refractivity contribution is -0.152. The first-order chi connectivity index (χ1) is 8.21. The summed E-state index contributed by atoms with van der Waals surface area (Å²) in [6.07, 6.45) is 2.86. The van der Waals surface area contributed by atoms with Crippen LogP contribution < -0.4 is 5.32 Å². The summed E-state index contributed by atoms with van der Waals surface area (Å²) in [5, 5.41) is 12.5. The molecule has 1 fully saturated rings. The van der Waals surface area contributed by atoms with E-state index in [1.165, 1.54) is 0 Å². The predicted molar refractivity (Wildman–Crippen MR) is 64.1 cm³/mol. The number of carboxylic acid groups (broad SMARTS) is 1. The Kier molecular flexibility index (Phi) is 6.47. The summed E-state index contributed by atoms with van der Waals surface area (Å²) in [7, 11) is 1.66. The summed E-state index contributed by atoms with van der Waals surface area (Å²) in [4.78, 5) is 11.3. The topological polar surface area (TPSA) is 67.8 Å². The van der Waals surface area contributed by atoms with Crippen molar-refractivity contribution in [2.24, 2.45) is 5.41 Å². The van der Waals surface area contributed by atoms with E-state index in [1.54, 1.807) is 7.11 Å². The molecule has 0 atom stereocenters. The van der Waals surface area contributed by atoms with E-state index in [1.807, 2.05) is 0 Å². The van der Waals surface area contributed by atoms with Gasteiger partial charge in [-0.1, -0.05) is 0 Å². The van der Waals surface area contributed by atoms with Gasteiger partial charge in [0, 0.05) is 26.9 Å². The minimum absolute atomic E-state index is 0.524. The maximum Gasteiger partial charge on any atom is 0.309 e. The summed E-state index contributed by atoms with van der Waals surface area (Å²) in [5.41, 5.74) is -0.577. The molecule has 1 heterocycles. The van der Waals surface area contributed by atoms with Gasteiger partial charge in [0.05, 0.1) is 5.41 Å². The van der Waals surface area contributed by atoms with E-state index in [0.29, 0.717) is 39.1 Å². The number of aliphatic carboxylic acids is 1. The second-order valence-corrected chi connectivity index (χ2v) is 4.54. The molecule has 0 unspecified atom stereocenters. The zero-order valence-electron chi connectivity index (χ0n) is 10.5. The molecule has 0 aromatic heterocycles. The first kappa shape index (κ1) is 14.4. The van der Waals surface area contributed by atoms with Crippen LogP contribution in [0.15, 0.2) is 0 Å². The zero-order chi connectivity index (χ0) is 12.6. The number of hydrogen-bond acceptors (Lipinski definition) is 4. The fourth-order valence-electron chi connectivity index (χ4n) is 2.15. The molecule has 100 valence electrons. The fourth-order valence-corrected chi connectivity index (χ4v) is 2.15. The van der Waals surface area contributed by atoms with Crippen LogP contribution in [0.4, 0.5) is 0 Å². The standard InChI is InChI=1S/C12H23NO4/c1-16-8-2-9-17-10-5-12(11(14)15)3-6-13-7-4-12/h13H,2-10H2,1H3,(H,14,15). The molecule has 0 radical (unpaired) electrons. The molecule has 17 heavy (non-hydrogen) atoms. The van der Waals surface area contributed by atoms with E-state index in [9.17, 15) is 9.90 Å². The van der Waals surface area contributed by atoms with Gasteiger partial charge in [0.1, 0.15) is 0 Å². The summed E-state index contributed by atoms with van der Waals surface area (Å²) >= 11 is 0. The molecule has 0 aliphatic carbocycles. The molecular weight excluding hydrogens is 222 g/mol. The molecule has 1 rings (SSSR count). The minimum Gasteiger partial charge on any atom is -0.481 e. The lowest BCUT2D eigenvalue weighted by Gasteiger charge is -2.33. The van der Waals surface area contributed by atoms with E-state index < -0.39 is 11.4 Å². The van der Waals surface area contributed by atoms with E-state index in [2.05, 4.69) is 5.32 Å². The lowest BCUT2D eigenvalue weighted by atomic mass is 9.76. The highest BCUT2D eigenvalue weighted by atomic mass is 16.5. The normalized spacial score (nSPS) is 19.1. The molecule has 1 aliphatic rings. The smallest absolute Gasteiger partial charge is 0.309 e. The molecule has 5 nitrogen and oxygen atoms in total. The quantitative estimate of drug-likeness (QED) is 0.621. The predicted octanol–water partition coefficient (Wildman–Crippen LogP) is 0.884. The molecule has 1 aliphatic heterocycles. The van der Waals surface area contributed by atoms with Gasteiger partial charge in [0.15, 0.2) is 0 Å². The van der Waals surface area contributed by atoms with Crippen LogP contribution in [0, 0.1) is 5.41 Å². The molecule has 5 heteroatoms. The third-order valence-electron chi connectivity index (χ3n) is 3.38. The van der Waals surface area contributed by atoms with E-state index in [4.69, 9.17) is 9.47 Å². The monoisotopic (exact) mass is 245 g/mol. The molecule has 0 bridgehead atoms. The number of carboxylic acids is 1. The van der Waals surface area contributed by atoms with Gasteiger partial charge >= 0.3 is 5.97 Å². The lowest BCUT2D eigenvalue weighted by Crippen LogP contribution is -2.42. The van der Waals surface area contributed by atoms with Crippen molar-refractivity contribution in [3.63, 3.8) is 0 Å². The van der Waals surface area contributed by atoms with E-state index in [0.717, 1.165) is 19.5 Å². The van der Waals surface area contributed by atoms with Gasteiger partial charge in [-0.05, 0) is 38.8 Å². The van der Waals surface area contributed by atoms with Gasteiger partial charge in [-0.25, -0.2) is 0 Å². The first-order valence-corrected chi connectivity index (χ1v) is 6.22. The molecule has 0 saturated carbocycles. The molecule has 1 saturated heterocycles. The number of nitrogens with one attached hydrogen (secondary N) is 1. The van der Waals surface area contributed by atoms with Gasteiger partial charge in [-0.2, -0.15) is 0 Å². The SMILES string of the molecule is COCCCOCCC1(C(=O)O)CCNCC1. The van der Waals surface area contributed by atoms with E-state index in [-0.39, 0.29) is 0 Å². The minimum atomic E-state index is -0.681. The van der Waals surface area contributed by atoms with Gasteiger partial charge < -0.3 is 19.9 Å². The number of carbonyl (C=O) groups is 1. The Balaban J connectivity index is 2.23. The Hall–Kier alpha value is -0.650. The van der Waals surface area contributed by atoms with Gasteiger partial charge in [-0.15, -0.1) is 0 Å². The Morgan fingerprint density at radius 3 is 2.59 bits per heavy atom. The molecule has 0 spiro atoms. The van der Waals surface area contributed by atoms with Crippen LogP contribution >= 0.6 is 0 Å². The van der Waals surface area contributed by atoms with Crippen LogP contribution in [-0.2, 0) is 14.3 Å². The summed E-state index contributed by atoms with van der Waals surface area (Å²) in [6, 6.07) is 0. The maximum absolute atomic E-state index is 11.3. The van der Waals surface area contributed by atoms with Crippen molar-refractivity contribution in [1.29, 1.82) is 0 Å². The van der Waals surface area contributed by atoms with Crippen LogP contribution in [0.1, 0.15) is 25.7 Å². The second kappa shape index (κ2) is 7.63. The highest BCUT2D eigenvalue weighted by Gasteiger charge is 2.39. The van der Waals surface area contributed by atoms with Crippen molar-refractivity contribution in [3.8, 4) is 0 Å². The molecule has 0 amide bonds. The van der Waals surface area contributed by atoms with Crippen molar-refractivity contribution in [1.82, 2.24) is 5.32 Å². The summed E-state index contributed by atoms with van der Waals surface area (Å²) < 4.78 is 10.4. The molecule has 2 N–H and O–H groups in total. The first-order valence-electron chi connectivity index (χ1n) is 6.22. The average Bonchev–Trinajstić information content (AvgIpc) is 2.34. The fraction of sp³-hybridized carbons (Fsp3) is 0.917. The second-order valence-electron chi connectivity index (χ2n) is 4.54. The van der Waals surface area contributed by atoms with Gasteiger partial charge in [0.25, 0.3) is 0 Å². The largest absolute Gasteiger partial charge is 0.481 e. The Labute approximate surface area is 102 Å². The average molecular weight is 245 g/mol. The Morgan fingerprint density at radius 2 is 2.00 bits per heavy atom. The molecule has 0 aromatic carbocycles. The van der Waals surface area contributed by atoms with Crippen molar-refractivity contribution in [2.75, 3.05) is 40.0 Å². The zero-order valence-corrected chi connectivity index (χ0v) is 10.5. The number of hydrogen-bond donors (Lipinski definition) is 2. The Morgan fingerprint density at radius 1 is 1.29 bits per heavy atom. The highest BCUT2D eigenvalue weighted by Crippen LogP contribution is 2.32. The van der Waals surface area contributed by atoms with Crippen LogP contribution in [-0.4, -0.2) is 51.1 Å². The van der Waals surface area contributed by atoms with E-state index >= 15 is 0 Å². The number of ether oxygens (including phenoxy) is 2. The van der Waals surface area contributed by atoms with Crippen molar-refractivity contribution in [3.05, 3.63) is 0 Å². The summed E-state index contributed by atoms with van der Waals surface area (Å²) in [6.45, 7) is 3.43. The Bertz CT molecular complexity index is 227. The van der Waals surface area contributed by atoms with Crippen molar-refractivity contribution < 1.29 is 19.4 Å². The van der Waals surface area contributed by atoms with Crippen LogP contribution in [0.2, 0.25) is 0 Å².